The van der Waals surface area contributed by atoms with Crippen LogP contribution in [0.5, 0.6) is 5.75 Å². The quantitative estimate of drug-likeness (QED) is 0.536. The van der Waals surface area contributed by atoms with Gasteiger partial charge in [0.2, 0.25) is 0 Å². The first-order chi connectivity index (χ1) is 14.6. The fraction of sp³-hybridized carbons (Fsp3) is 0.480. The highest BCUT2D eigenvalue weighted by atomic mass is 16.5. The number of ether oxygens (including phenoxy) is 2. The van der Waals surface area contributed by atoms with Crippen molar-refractivity contribution in [2.75, 3.05) is 40.5 Å². The highest BCUT2D eigenvalue weighted by Crippen LogP contribution is 2.35. The van der Waals surface area contributed by atoms with Gasteiger partial charge in [0.05, 0.1) is 7.11 Å². The lowest BCUT2D eigenvalue weighted by Crippen LogP contribution is -2.48. The van der Waals surface area contributed by atoms with E-state index in [0.717, 1.165) is 50.9 Å². The molecule has 0 radical (unpaired) electrons. The van der Waals surface area contributed by atoms with E-state index in [-0.39, 0.29) is 5.41 Å². The van der Waals surface area contributed by atoms with Gasteiger partial charge in [-0.2, -0.15) is 0 Å². The Balaban J connectivity index is 1.62. The van der Waals surface area contributed by atoms with Gasteiger partial charge in [-0.3, -0.25) is 4.99 Å². The summed E-state index contributed by atoms with van der Waals surface area (Å²) in [6, 6.07) is 17.2. The number of guanidine groups is 1. The van der Waals surface area contributed by atoms with E-state index in [2.05, 4.69) is 65.9 Å². The molecule has 0 bridgehead atoms. The molecule has 0 aromatic heterocycles. The van der Waals surface area contributed by atoms with E-state index in [9.17, 15) is 0 Å². The van der Waals surface area contributed by atoms with Crippen LogP contribution in [0, 0.1) is 6.92 Å². The summed E-state index contributed by atoms with van der Waals surface area (Å²) < 4.78 is 11.0. The second-order valence-electron chi connectivity index (χ2n) is 8.24. The van der Waals surface area contributed by atoms with Crippen LogP contribution in [0.25, 0.3) is 0 Å². The summed E-state index contributed by atoms with van der Waals surface area (Å²) in [5.41, 5.74) is 3.98. The van der Waals surface area contributed by atoms with Gasteiger partial charge in [-0.1, -0.05) is 48.9 Å². The Bertz CT molecular complexity index is 809. The molecule has 1 atom stereocenters. The monoisotopic (exact) mass is 409 g/mol. The maximum absolute atomic E-state index is 5.66. The molecule has 2 aromatic rings. The zero-order chi connectivity index (χ0) is 21.4. The summed E-state index contributed by atoms with van der Waals surface area (Å²) in [4.78, 5) is 4.45. The second-order valence-corrected chi connectivity index (χ2v) is 8.24. The molecule has 2 N–H and O–H groups in total. The molecule has 1 fully saturated rings. The van der Waals surface area contributed by atoms with Crippen molar-refractivity contribution in [3.8, 4) is 5.75 Å². The average Bonchev–Trinajstić information content (AvgIpc) is 2.80. The predicted octanol–water partition coefficient (Wildman–Crippen LogP) is 4.02. The molecule has 5 nitrogen and oxygen atoms in total. The van der Waals surface area contributed by atoms with Crippen LogP contribution < -0.4 is 15.4 Å². The van der Waals surface area contributed by atoms with E-state index in [1.165, 1.54) is 16.7 Å². The molecular formula is C25H35N3O2. The third-order valence-electron chi connectivity index (χ3n) is 6.19. The first-order valence-corrected chi connectivity index (χ1v) is 10.8. The Kier molecular flexibility index (Phi) is 7.75. The van der Waals surface area contributed by atoms with Crippen molar-refractivity contribution in [2.45, 2.75) is 38.0 Å². The molecule has 30 heavy (non-hydrogen) atoms. The van der Waals surface area contributed by atoms with Gasteiger partial charge >= 0.3 is 0 Å². The molecule has 1 aliphatic heterocycles. The normalized spacial score (nSPS) is 17.3. The van der Waals surface area contributed by atoms with Crippen LogP contribution in [0.1, 0.15) is 42.4 Å². The van der Waals surface area contributed by atoms with Gasteiger partial charge in [0.15, 0.2) is 5.96 Å². The van der Waals surface area contributed by atoms with E-state index in [4.69, 9.17) is 9.47 Å². The largest absolute Gasteiger partial charge is 0.497 e. The lowest BCUT2D eigenvalue weighted by Gasteiger charge is -2.38. The number of benzene rings is 2. The van der Waals surface area contributed by atoms with E-state index in [0.29, 0.717) is 5.92 Å². The van der Waals surface area contributed by atoms with Crippen LogP contribution in [0.2, 0.25) is 0 Å². The summed E-state index contributed by atoms with van der Waals surface area (Å²) in [7, 11) is 3.53. The first-order valence-electron chi connectivity index (χ1n) is 10.8. The molecule has 3 rings (SSSR count). The minimum Gasteiger partial charge on any atom is -0.497 e. The summed E-state index contributed by atoms with van der Waals surface area (Å²) in [6.07, 6.45) is 1.98. The smallest absolute Gasteiger partial charge is 0.191 e. The molecule has 1 aliphatic rings. The summed E-state index contributed by atoms with van der Waals surface area (Å²) >= 11 is 0. The lowest BCUT2D eigenvalue weighted by molar-refractivity contribution is 0.0513. The number of hydrogen-bond donors (Lipinski definition) is 2. The Morgan fingerprint density at radius 3 is 2.33 bits per heavy atom. The molecule has 1 heterocycles. The second kappa shape index (κ2) is 10.5. The van der Waals surface area contributed by atoms with Gasteiger partial charge in [0.25, 0.3) is 0 Å². The Morgan fingerprint density at radius 1 is 1.07 bits per heavy atom. The van der Waals surface area contributed by atoms with Crippen LogP contribution in [0.4, 0.5) is 0 Å². The van der Waals surface area contributed by atoms with E-state index < -0.39 is 0 Å². The van der Waals surface area contributed by atoms with Crippen LogP contribution in [-0.4, -0.2) is 46.4 Å². The Hall–Kier alpha value is -2.53. The average molecular weight is 410 g/mol. The van der Waals surface area contributed by atoms with Crippen LogP contribution in [0.15, 0.2) is 53.5 Å². The molecule has 0 amide bonds. The lowest BCUT2D eigenvalue weighted by atomic mass is 9.74. The zero-order valence-electron chi connectivity index (χ0n) is 18.7. The number of nitrogens with zero attached hydrogens (tertiary/aromatic N) is 1. The van der Waals surface area contributed by atoms with E-state index >= 15 is 0 Å². The number of methoxy groups -OCH3 is 1. The Labute approximate surface area is 180 Å². The van der Waals surface area contributed by atoms with Gasteiger partial charge in [-0.25, -0.2) is 0 Å². The molecule has 0 saturated carbocycles. The fourth-order valence-corrected chi connectivity index (χ4v) is 4.01. The van der Waals surface area contributed by atoms with Crippen LogP contribution in [0.3, 0.4) is 0 Å². The fourth-order valence-electron chi connectivity index (χ4n) is 4.01. The van der Waals surface area contributed by atoms with Crippen LogP contribution in [-0.2, 0) is 10.2 Å². The number of rotatable bonds is 7. The topological polar surface area (TPSA) is 54.9 Å². The van der Waals surface area contributed by atoms with Crippen molar-refractivity contribution < 1.29 is 9.47 Å². The summed E-state index contributed by atoms with van der Waals surface area (Å²) in [6.45, 7) is 7.58. The van der Waals surface area contributed by atoms with Crippen molar-refractivity contribution >= 4 is 5.96 Å². The number of aryl methyl sites for hydroxylation is 1. The van der Waals surface area contributed by atoms with Crippen molar-refractivity contribution in [2.24, 2.45) is 4.99 Å². The molecule has 1 saturated heterocycles. The SMILES string of the molecule is CN=C(NCC(C)c1ccc(C)cc1)NCC1(c2ccc(OC)cc2)CCOCC1. The van der Waals surface area contributed by atoms with Gasteiger partial charge in [0.1, 0.15) is 5.75 Å². The molecule has 0 aliphatic carbocycles. The molecule has 5 heteroatoms. The molecule has 1 unspecified atom stereocenters. The third-order valence-corrected chi connectivity index (χ3v) is 6.19. The van der Waals surface area contributed by atoms with Gasteiger partial charge in [-0.05, 0) is 48.9 Å². The third kappa shape index (κ3) is 5.54. The van der Waals surface area contributed by atoms with Crippen molar-refractivity contribution in [1.82, 2.24) is 10.6 Å². The number of hydrogen-bond acceptors (Lipinski definition) is 3. The number of nitrogens with one attached hydrogen (secondary N) is 2. The maximum atomic E-state index is 5.66. The maximum Gasteiger partial charge on any atom is 0.191 e. The molecule has 2 aromatic carbocycles. The Morgan fingerprint density at radius 2 is 1.73 bits per heavy atom. The van der Waals surface area contributed by atoms with Crippen molar-refractivity contribution in [3.63, 3.8) is 0 Å². The number of aliphatic imine (C=N–C) groups is 1. The minimum atomic E-state index is 0.0325. The zero-order valence-corrected chi connectivity index (χ0v) is 18.7. The van der Waals surface area contributed by atoms with Gasteiger partial charge in [0, 0.05) is 38.8 Å². The molecule has 0 spiro atoms. The standard InChI is InChI=1S/C25H35N3O2/c1-19-5-7-21(8-6-19)20(2)17-27-24(26-3)28-18-25(13-15-30-16-14-25)22-9-11-23(29-4)12-10-22/h5-12,20H,13-18H2,1-4H3,(H2,26,27,28). The van der Waals surface area contributed by atoms with Crippen molar-refractivity contribution in [3.05, 3.63) is 65.2 Å². The van der Waals surface area contributed by atoms with Gasteiger partial charge < -0.3 is 20.1 Å². The van der Waals surface area contributed by atoms with E-state index in [1.54, 1.807) is 7.11 Å². The minimum absolute atomic E-state index is 0.0325. The highest BCUT2D eigenvalue weighted by molar-refractivity contribution is 5.79. The predicted molar refractivity (Wildman–Crippen MR) is 124 cm³/mol. The van der Waals surface area contributed by atoms with Crippen LogP contribution >= 0.6 is 0 Å². The van der Waals surface area contributed by atoms with Crippen molar-refractivity contribution in [1.29, 1.82) is 0 Å². The molecular weight excluding hydrogens is 374 g/mol. The summed E-state index contributed by atoms with van der Waals surface area (Å²) in [5.74, 6) is 2.13. The summed E-state index contributed by atoms with van der Waals surface area (Å²) in [5, 5.41) is 7.07. The highest BCUT2D eigenvalue weighted by Gasteiger charge is 2.34. The van der Waals surface area contributed by atoms with Gasteiger partial charge in [-0.15, -0.1) is 0 Å². The molecule has 162 valence electrons. The van der Waals surface area contributed by atoms with E-state index in [1.807, 2.05) is 19.2 Å². The first kappa shape index (κ1) is 22.2.